The van der Waals surface area contributed by atoms with Crippen molar-refractivity contribution in [2.45, 2.75) is 45.1 Å². The lowest BCUT2D eigenvalue weighted by molar-refractivity contribution is 0.0948. The van der Waals surface area contributed by atoms with Gasteiger partial charge in [-0.25, -0.2) is 0 Å². The Balaban J connectivity index is 1.59. The van der Waals surface area contributed by atoms with Gasteiger partial charge in [0.1, 0.15) is 0 Å². The highest BCUT2D eigenvalue weighted by Gasteiger charge is 2.26. The van der Waals surface area contributed by atoms with Crippen molar-refractivity contribution in [1.29, 1.82) is 0 Å². The van der Waals surface area contributed by atoms with Gasteiger partial charge in [-0.15, -0.1) is 0 Å². The van der Waals surface area contributed by atoms with Crippen LogP contribution in [0.15, 0.2) is 36.4 Å². The Bertz CT molecular complexity index is 854. The number of carbonyl (C=O) groups excluding carboxylic acids is 1. The monoisotopic (exact) mass is 412 g/mol. The van der Waals surface area contributed by atoms with Gasteiger partial charge in [0, 0.05) is 35.9 Å². The lowest BCUT2D eigenvalue weighted by Crippen LogP contribution is -2.36. The van der Waals surface area contributed by atoms with Crippen LogP contribution in [0.1, 0.15) is 58.6 Å². The zero-order chi connectivity index (χ0) is 20.2. The highest BCUT2D eigenvalue weighted by molar-refractivity contribution is 6.30. The van der Waals surface area contributed by atoms with Crippen LogP contribution in [0.5, 0.6) is 0 Å². The average Bonchev–Trinajstić information content (AvgIpc) is 3.28. The van der Waals surface area contributed by atoms with Gasteiger partial charge in [-0.3, -0.25) is 4.79 Å². The van der Waals surface area contributed by atoms with E-state index in [0.29, 0.717) is 17.5 Å². The highest BCUT2D eigenvalue weighted by atomic mass is 35.5. The van der Waals surface area contributed by atoms with Crippen LogP contribution in [0, 0.1) is 6.92 Å². The van der Waals surface area contributed by atoms with Crippen LogP contribution in [0.25, 0.3) is 0 Å². The van der Waals surface area contributed by atoms with Crippen LogP contribution in [0.4, 0.5) is 5.69 Å². The van der Waals surface area contributed by atoms with Crippen molar-refractivity contribution >= 4 is 23.2 Å². The summed E-state index contributed by atoms with van der Waals surface area (Å²) in [4.78, 5) is 15.6. The Morgan fingerprint density at radius 2 is 1.83 bits per heavy atom. The number of morpholine rings is 1. The molecule has 2 aromatic rings. The van der Waals surface area contributed by atoms with Crippen LogP contribution in [-0.4, -0.2) is 32.2 Å². The summed E-state index contributed by atoms with van der Waals surface area (Å²) in [5, 5.41) is 3.83. The molecule has 0 atom stereocenters. The van der Waals surface area contributed by atoms with Gasteiger partial charge in [-0.1, -0.05) is 36.6 Å². The maximum absolute atomic E-state index is 13.2. The maximum Gasteiger partial charge on any atom is 0.252 e. The molecule has 1 N–H and O–H groups in total. The number of carbonyl (C=O) groups is 1. The molecule has 0 radical (unpaired) electrons. The summed E-state index contributed by atoms with van der Waals surface area (Å²) in [7, 11) is 0. The summed E-state index contributed by atoms with van der Waals surface area (Å²) >= 11 is 5.96. The van der Waals surface area contributed by atoms with Crippen molar-refractivity contribution in [3.05, 3.63) is 63.7 Å². The number of hydrogen-bond acceptors (Lipinski definition) is 3. The van der Waals surface area contributed by atoms with E-state index < -0.39 is 0 Å². The number of amides is 1. The van der Waals surface area contributed by atoms with Gasteiger partial charge in [0.05, 0.1) is 13.2 Å². The molecule has 154 valence electrons. The molecule has 29 heavy (non-hydrogen) atoms. The molecule has 1 saturated carbocycles. The molecule has 1 amide bonds. The number of aryl methyl sites for hydroxylation is 1. The minimum Gasteiger partial charge on any atom is -0.378 e. The van der Waals surface area contributed by atoms with E-state index in [1.165, 1.54) is 36.9 Å². The Morgan fingerprint density at radius 3 is 2.52 bits per heavy atom. The van der Waals surface area contributed by atoms with Crippen molar-refractivity contribution in [3.63, 3.8) is 0 Å². The van der Waals surface area contributed by atoms with Crippen LogP contribution in [-0.2, 0) is 11.3 Å². The molecule has 0 unspecified atom stereocenters. The fourth-order valence-electron chi connectivity index (χ4n) is 4.54. The van der Waals surface area contributed by atoms with Crippen molar-refractivity contribution in [2.24, 2.45) is 0 Å². The lowest BCUT2D eigenvalue weighted by Gasteiger charge is -2.31. The van der Waals surface area contributed by atoms with Crippen molar-refractivity contribution in [2.75, 3.05) is 31.2 Å². The number of nitrogens with zero attached hydrogens (tertiary/aromatic N) is 1. The Morgan fingerprint density at radius 1 is 1.14 bits per heavy atom. The third kappa shape index (κ3) is 4.76. The number of ether oxygens (including phenoxy) is 1. The zero-order valence-corrected chi connectivity index (χ0v) is 17.8. The summed E-state index contributed by atoms with van der Waals surface area (Å²) in [6, 6.07) is 12.1. The number of nitrogens with one attached hydrogen (secondary N) is 1. The van der Waals surface area contributed by atoms with E-state index in [1.54, 1.807) is 0 Å². The number of halogens is 1. The second-order valence-corrected chi connectivity index (χ2v) is 8.55. The summed E-state index contributed by atoms with van der Waals surface area (Å²) < 4.78 is 5.51. The van der Waals surface area contributed by atoms with Gasteiger partial charge < -0.3 is 15.0 Å². The smallest absolute Gasteiger partial charge is 0.252 e. The van der Waals surface area contributed by atoms with Gasteiger partial charge >= 0.3 is 0 Å². The summed E-state index contributed by atoms with van der Waals surface area (Å²) in [5.74, 6) is 0.499. The lowest BCUT2D eigenvalue weighted by atomic mass is 9.89. The first kappa shape index (κ1) is 20.2. The maximum atomic E-state index is 13.2. The third-order valence-electron chi connectivity index (χ3n) is 6.12. The fraction of sp³-hybridized carbons (Fsp3) is 0.458. The van der Waals surface area contributed by atoms with E-state index in [2.05, 4.69) is 29.3 Å². The molecule has 2 aromatic carbocycles. The SMILES string of the molecule is Cc1cc(N2CCOCC2)cc(C2CCCC2)c1C(=O)NCc1ccc(Cl)cc1. The molecular weight excluding hydrogens is 384 g/mol. The predicted octanol–water partition coefficient (Wildman–Crippen LogP) is 5.07. The fourth-order valence-corrected chi connectivity index (χ4v) is 4.67. The molecule has 2 fully saturated rings. The van der Waals surface area contributed by atoms with Gasteiger partial charge in [0.25, 0.3) is 5.91 Å². The number of benzene rings is 2. The molecule has 1 saturated heterocycles. The van der Waals surface area contributed by atoms with E-state index in [9.17, 15) is 4.79 Å². The molecule has 5 heteroatoms. The van der Waals surface area contributed by atoms with E-state index in [1.807, 2.05) is 24.3 Å². The predicted molar refractivity (Wildman–Crippen MR) is 118 cm³/mol. The molecule has 4 nitrogen and oxygen atoms in total. The first-order valence-electron chi connectivity index (χ1n) is 10.6. The largest absolute Gasteiger partial charge is 0.378 e. The molecule has 1 heterocycles. The molecular formula is C24H29ClN2O2. The van der Waals surface area contributed by atoms with E-state index >= 15 is 0 Å². The highest BCUT2D eigenvalue weighted by Crippen LogP contribution is 2.39. The van der Waals surface area contributed by atoms with E-state index in [-0.39, 0.29) is 5.91 Å². The summed E-state index contributed by atoms with van der Waals surface area (Å²) in [6.07, 6.45) is 4.83. The van der Waals surface area contributed by atoms with Crippen LogP contribution in [0.2, 0.25) is 5.02 Å². The Kier molecular flexibility index (Phi) is 6.41. The molecule has 1 aliphatic heterocycles. The van der Waals surface area contributed by atoms with Gasteiger partial charge in [0.2, 0.25) is 0 Å². The second-order valence-electron chi connectivity index (χ2n) is 8.12. The molecule has 2 aliphatic rings. The molecule has 1 aliphatic carbocycles. The van der Waals surface area contributed by atoms with Crippen LogP contribution < -0.4 is 10.2 Å². The molecule has 0 aromatic heterocycles. The third-order valence-corrected chi connectivity index (χ3v) is 6.37. The number of hydrogen-bond donors (Lipinski definition) is 1. The molecule has 0 spiro atoms. The quantitative estimate of drug-likeness (QED) is 0.745. The Hall–Kier alpha value is -2.04. The van der Waals surface area contributed by atoms with E-state index in [0.717, 1.165) is 43.0 Å². The first-order chi connectivity index (χ1) is 14.1. The number of anilines is 1. The van der Waals surface area contributed by atoms with Crippen molar-refractivity contribution < 1.29 is 9.53 Å². The van der Waals surface area contributed by atoms with E-state index in [4.69, 9.17) is 16.3 Å². The first-order valence-corrected chi connectivity index (χ1v) is 11.0. The van der Waals surface area contributed by atoms with Crippen LogP contribution in [0.3, 0.4) is 0 Å². The summed E-state index contributed by atoms with van der Waals surface area (Å²) in [5.41, 5.74) is 5.42. The van der Waals surface area contributed by atoms with Gasteiger partial charge in [-0.2, -0.15) is 0 Å². The number of rotatable bonds is 5. The van der Waals surface area contributed by atoms with Crippen molar-refractivity contribution in [3.8, 4) is 0 Å². The standard InChI is InChI=1S/C24H29ClN2O2/c1-17-14-21(27-10-12-29-13-11-27)15-22(19-4-2-3-5-19)23(17)24(28)26-16-18-6-8-20(25)9-7-18/h6-9,14-15,19H,2-5,10-13,16H2,1H3,(H,26,28). The topological polar surface area (TPSA) is 41.6 Å². The second kappa shape index (κ2) is 9.19. The summed E-state index contributed by atoms with van der Waals surface area (Å²) in [6.45, 7) is 5.92. The molecule has 4 rings (SSSR count). The minimum absolute atomic E-state index is 0.0212. The van der Waals surface area contributed by atoms with Crippen molar-refractivity contribution in [1.82, 2.24) is 5.32 Å². The molecule has 0 bridgehead atoms. The van der Waals surface area contributed by atoms with Gasteiger partial charge in [0.15, 0.2) is 0 Å². The average molecular weight is 413 g/mol. The zero-order valence-electron chi connectivity index (χ0n) is 17.0. The minimum atomic E-state index is 0.0212. The Labute approximate surface area is 178 Å². The van der Waals surface area contributed by atoms with Crippen LogP contribution >= 0.6 is 11.6 Å². The van der Waals surface area contributed by atoms with Gasteiger partial charge in [-0.05, 0) is 66.6 Å². The normalized spacial score (nSPS) is 17.5.